The number of ether oxygens (including phenoxy) is 2. The number of aryl methyl sites for hydroxylation is 1. The molecule has 3 aromatic rings. The Bertz CT molecular complexity index is 1790. The predicted octanol–water partition coefficient (Wildman–Crippen LogP) is 6.69. The molecule has 2 amide bonds. The van der Waals surface area contributed by atoms with E-state index in [1.165, 1.54) is 16.7 Å². The van der Waals surface area contributed by atoms with Gasteiger partial charge in [0.25, 0.3) is 0 Å². The number of carbonyl (C=O) groups excluding carboxylic acids is 2. The first-order valence-electron chi connectivity index (χ1n) is 18.3. The Morgan fingerprint density at radius 1 is 1.08 bits per heavy atom. The first-order valence-corrected chi connectivity index (χ1v) is 18.3. The van der Waals surface area contributed by atoms with Gasteiger partial charge in [-0.25, -0.2) is 14.2 Å². The zero-order valence-corrected chi connectivity index (χ0v) is 29.5. The number of methoxy groups -OCH3 is 1. The van der Waals surface area contributed by atoms with Crippen molar-refractivity contribution < 1.29 is 28.6 Å². The van der Waals surface area contributed by atoms with Gasteiger partial charge in [-0.2, -0.15) is 5.10 Å². The molecule has 4 saturated carbocycles. The fourth-order valence-corrected chi connectivity index (χ4v) is 9.71. The number of aliphatic hydroxyl groups excluding tert-OH is 1. The molecule has 2 bridgehead atoms. The zero-order chi connectivity index (χ0) is 34.9. The van der Waals surface area contributed by atoms with Crippen LogP contribution in [0.15, 0.2) is 36.8 Å². The highest BCUT2D eigenvalue weighted by molar-refractivity contribution is 5.99. The maximum absolute atomic E-state index is 16.1. The monoisotopic (exact) mass is 685 g/mol. The quantitative estimate of drug-likeness (QED) is 0.295. The molecule has 1 saturated heterocycles. The Labute approximate surface area is 292 Å². The maximum Gasteiger partial charge on any atom is 0.410 e. The summed E-state index contributed by atoms with van der Waals surface area (Å²) >= 11 is 0. The van der Waals surface area contributed by atoms with Gasteiger partial charge in [0.15, 0.2) is 0 Å². The molecule has 2 aliphatic heterocycles. The van der Waals surface area contributed by atoms with Gasteiger partial charge >= 0.3 is 6.09 Å². The molecule has 10 nitrogen and oxygen atoms in total. The average Bonchev–Trinajstić information content (AvgIpc) is 3.60. The molecular weight excluding hydrogens is 637 g/mol. The van der Waals surface area contributed by atoms with Crippen LogP contribution in [0.25, 0.3) is 11.1 Å². The van der Waals surface area contributed by atoms with E-state index >= 15 is 4.39 Å². The fourth-order valence-electron chi connectivity index (χ4n) is 9.71. The SMILES string of the molecule is COc1ccc(C23CCC(CN4C(=O)[C@H]5CCC(OC(=O)N6CC(O)C6)CC5c5c4ncc(F)c5-c4cnn(C(C)C)c4)(CC2)CC3)cc1C. The van der Waals surface area contributed by atoms with Crippen molar-refractivity contribution in [3.63, 3.8) is 0 Å². The van der Waals surface area contributed by atoms with E-state index in [9.17, 15) is 14.7 Å². The highest BCUT2D eigenvalue weighted by Crippen LogP contribution is 2.59. The molecule has 266 valence electrons. The molecule has 6 aliphatic rings. The smallest absolute Gasteiger partial charge is 0.410 e. The van der Waals surface area contributed by atoms with E-state index < -0.39 is 24.1 Å². The van der Waals surface area contributed by atoms with Crippen LogP contribution in [0, 0.1) is 24.1 Å². The van der Waals surface area contributed by atoms with Crippen LogP contribution in [0.1, 0.15) is 100 Å². The Morgan fingerprint density at radius 3 is 2.46 bits per heavy atom. The number of halogens is 1. The number of carbonyl (C=O) groups is 2. The van der Waals surface area contributed by atoms with Gasteiger partial charge in [0.2, 0.25) is 5.91 Å². The predicted molar refractivity (Wildman–Crippen MR) is 186 cm³/mol. The van der Waals surface area contributed by atoms with Gasteiger partial charge in [-0.15, -0.1) is 0 Å². The number of likely N-dealkylation sites (tertiary alicyclic amines) is 1. The first kappa shape index (κ1) is 33.2. The van der Waals surface area contributed by atoms with Crippen LogP contribution in [0.3, 0.4) is 0 Å². The summed E-state index contributed by atoms with van der Waals surface area (Å²) in [4.78, 5) is 35.6. The lowest BCUT2D eigenvalue weighted by molar-refractivity contribution is -0.126. The van der Waals surface area contributed by atoms with E-state index in [0.29, 0.717) is 42.8 Å². The standard InChI is InChI=1S/C39H48FN5O5/c1-23(2)45-19-25(17-42-45)33-31(40)18-41-35-34(33)30-16-28(50-37(48)43-20-27(46)21-43)6-7-29(30)36(47)44(35)22-38-9-12-39(13-10-38,14-11-38)26-5-8-32(49-4)24(3)15-26/h5,8,15,17-19,23,27-30,46H,6-7,9-14,16,20-22H2,1-4H3/t28?,29-,30?,38?,39?/m0/s1. The van der Waals surface area contributed by atoms with Crippen molar-refractivity contribution in [2.75, 3.05) is 31.6 Å². The van der Waals surface area contributed by atoms with Gasteiger partial charge in [-0.3, -0.25) is 14.4 Å². The lowest BCUT2D eigenvalue weighted by Gasteiger charge is -2.56. The second-order valence-corrected chi connectivity index (χ2v) is 16.0. The summed E-state index contributed by atoms with van der Waals surface area (Å²) in [6, 6.07) is 6.72. The number of nitrogens with zero attached hydrogens (tertiary/aromatic N) is 5. The number of fused-ring (bicyclic) bond motifs is 6. The first-order chi connectivity index (χ1) is 24.0. The minimum Gasteiger partial charge on any atom is -0.496 e. The van der Waals surface area contributed by atoms with Gasteiger partial charge in [-0.1, -0.05) is 12.1 Å². The second-order valence-electron chi connectivity index (χ2n) is 16.0. The molecule has 1 aromatic carbocycles. The molecule has 2 unspecified atom stereocenters. The minimum atomic E-state index is -0.522. The third kappa shape index (κ3) is 5.47. The molecule has 50 heavy (non-hydrogen) atoms. The number of aliphatic hydroxyl groups is 1. The van der Waals surface area contributed by atoms with Crippen molar-refractivity contribution in [1.82, 2.24) is 19.7 Å². The van der Waals surface area contributed by atoms with Crippen molar-refractivity contribution in [1.29, 1.82) is 0 Å². The van der Waals surface area contributed by atoms with E-state index in [0.717, 1.165) is 55.4 Å². The van der Waals surface area contributed by atoms with E-state index in [4.69, 9.17) is 14.5 Å². The third-order valence-electron chi connectivity index (χ3n) is 12.8. The number of aromatic nitrogens is 3. The van der Waals surface area contributed by atoms with Crippen LogP contribution in [0.2, 0.25) is 0 Å². The molecular formula is C39H48FN5O5. The van der Waals surface area contributed by atoms with E-state index in [-0.39, 0.29) is 47.7 Å². The van der Waals surface area contributed by atoms with Gasteiger partial charge in [0, 0.05) is 47.3 Å². The van der Waals surface area contributed by atoms with Crippen molar-refractivity contribution >= 4 is 17.8 Å². The molecule has 4 aliphatic carbocycles. The Morgan fingerprint density at radius 2 is 1.82 bits per heavy atom. The largest absolute Gasteiger partial charge is 0.496 e. The van der Waals surface area contributed by atoms with Crippen LogP contribution < -0.4 is 9.64 Å². The number of benzene rings is 1. The molecule has 5 fully saturated rings. The summed E-state index contributed by atoms with van der Waals surface area (Å²) in [5.74, 6) is 0.324. The van der Waals surface area contributed by atoms with E-state index in [1.54, 1.807) is 13.3 Å². The molecule has 1 N–H and O–H groups in total. The zero-order valence-electron chi connectivity index (χ0n) is 29.5. The number of anilines is 1. The lowest BCUT2D eigenvalue weighted by atomic mass is 9.51. The van der Waals surface area contributed by atoms with Gasteiger partial charge in [-0.05, 0) is 107 Å². The second kappa shape index (κ2) is 12.4. The molecule has 9 rings (SSSR count). The van der Waals surface area contributed by atoms with Crippen LogP contribution in [0.5, 0.6) is 5.75 Å². The average molecular weight is 686 g/mol. The summed E-state index contributed by atoms with van der Waals surface area (Å²) in [5.41, 5.74) is 4.47. The van der Waals surface area contributed by atoms with Crippen molar-refractivity contribution in [2.24, 2.45) is 11.3 Å². The Hall–Kier alpha value is -3.99. The number of hydrogen-bond donors (Lipinski definition) is 1. The number of hydrogen-bond acceptors (Lipinski definition) is 7. The van der Waals surface area contributed by atoms with Crippen molar-refractivity contribution in [3.05, 3.63) is 59.3 Å². The van der Waals surface area contributed by atoms with Gasteiger partial charge < -0.3 is 19.5 Å². The lowest BCUT2D eigenvalue weighted by Crippen LogP contribution is -2.55. The van der Waals surface area contributed by atoms with Crippen LogP contribution in [-0.2, 0) is 14.9 Å². The summed E-state index contributed by atoms with van der Waals surface area (Å²) in [5, 5.41) is 14.2. The topological polar surface area (TPSA) is 110 Å². The number of rotatable bonds is 7. The van der Waals surface area contributed by atoms with Crippen LogP contribution in [0.4, 0.5) is 15.0 Å². The summed E-state index contributed by atoms with van der Waals surface area (Å²) in [6.45, 7) is 7.25. The Balaban J connectivity index is 1.12. The van der Waals surface area contributed by atoms with Gasteiger partial charge in [0.05, 0.1) is 38.7 Å². The molecule has 3 atom stereocenters. The van der Waals surface area contributed by atoms with Crippen molar-refractivity contribution in [2.45, 2.75) is 108 Å². The fraction of sp³-hybridized carbons (Fsp3) is 0.590. The summed E-state index contributed by atoms with van der Waals surface area (Å²) in [7, 11) is 1.71. The van der Waals surface area contributed by atoms with Crippen LogP contribution in [-0.4, -0.2) is 75.7 Å². The van der Waals surface area contributed by atoms with Gasteiger partial charge in [0.1, 0.15) is 23.5 Å². The van der Waals surface area contributed by atoms with Crippen LogP contribution >= 0.6 is 0 Å². The minimum absolute atomic E-state index is 0.0314. The van der Waals surface area contributed by atoms with E-state index in [1.807, 2.05) is 29.6 Å². The number of amides is 2. The summed E-state index contributed by atoms with van der Waals surface area (Å²) < 4.78 is 29.4. The molecule has 11 heteroatoms. The molecule has 2 aromatic heterocycles. The summed E-state index contributed by atoms with van der Waals surface area (Å²) in [6.07, 6.45) is 11.2. The normalized spacial score (nSPS) is 29.1. The molecule has 4 heterocycles. The molecule has 0 radical (unpaired) electrons. The van der Waals surface area contributed by atoms with Crippen molar-refractivity contribution in [3.8, 4) is 16.9 Å². The number of pyridine rings is 1. The maximum atomic E-state index is 16.1. The third-order valence-corrected chi connectivity index (χ3v) is 12.8. The van der Waals surface area contributed by atoms with E-state index in [2.05, 4.69) is 30.2 Å². The Kier molecular flexibility index (Phi) is 8.19. The highest BCUT2D eigenvalue weighted by atomic mass is 19.1. The molecule has 0 spiro atoms. The highest BCUT2D eigenvalue weighted by Gasteiger charge is 2.53. The number of β-amino-alcohol motifs (C(OH)–C–C–N with tert-alkyl or cyclic N) is 1.